The number of non-ortho nitro benzene ring substituents is 1. The fourth-order valence-electron chi connectivity index (χ4n) is 3.08. The predicted octanol–water partition coefficient (Wildman–Crippen LogP) is 2.27. The molecule has 0 fully saturated rings. The molecule has 0 aliphatic carbocycles. The molecule has 8 nitrogen and oxygen atoms in total. The highest BCUT2D eigenvalue weighted by molar-refractivity contribution is 5.84. The van der Waals surface area contributed by atoms with Crippen molar-refractivity contribution in [1.82, 2.24) is 5.32 Å². The summed E-state index contributed by atoms with van der Waals surface area (Å²) >= 11 is 0. The van der Waals surface area contributed by atoms with Crippen molar-refractivity contribution in [2.75, 3.05) is 6.61 Å². The Morgan fingerprint density at radius 2 is 2.00 bits per heavy atom. The molecule has 140 valence electrons. The van der Waals surface area contributed by atoms with Crippen molar-refractivity contribution in [2.24, 2.45) is 0 Å². The lowest BCUT2D eigenvalue weighted by atomic mass is 9.96. The van der Waals surface area contributed by atoms with Crippen LogP contribution in [0.2, 0.25) is 0 Å². The number of carboxylic acids is 1. The number of carboxylic acid groups (broad SMARTS) is 1. The lowest BCUT2D eigenvalue weighted by molar-refractivity contribution is -0.384. The summed E-state index contributed by atoms with van der Waals surface area (Å²) in [5.41, 5.74) is 1.32. The number of carbonyl (C=O) groups is 2. The molecule has 0 saturated carbocycles. The molecule has 0 aromatic heterocycles. The Hall–Kier alpha value is -3.42. The zero-order valence-electron chi connectivity index (χ0n) is 14.3. The molecule has 1 aliphatic rings. The Morgan fingerprint density at radius 1 is 1.26 bits per heavy atom. The molecular formula is C19H18N2O6. The number of nitrogens with one attached hydrogen (secondary N) is 1. The van der Waals surface area contributed by atoms with Gasteiger partial charge in [0.1, 0.15) is 11.8 Å². The van der Waals surface area contributed by atoms with Crippen molar-refractivity contribution in [3.63, 3.8) is 0 Å². The number of rotatable bonds is 7. The molecule has 2 aromatic rings. The molecule has 27 heavy (non-hydrogen) atoms. The van der Waals surface area contributed by atoms with Crippen molar-refractivity contribution in [2.45, 2.75) is 24.8 Å². The van der Waals surface area contributed by atoms with Gasteiger partial charge in [0.2, 0.25) is 5.91 Å². The molecule has 1 heterocycles. The van der Waals surface area contributed by atoms with Gasteiger partial charge in [-0.1, -0.05) is 30.3 Å². The van der Waals surface area contributed by atoms with Crippen molar-refractivity contribution < 1.29 is 24.4 Å². The van der Waals surface area contributed by atoms with E-state index >= 15 is 0 Å². The number of carbonyl (C=O) groups excluding carboxylic acids is 1. The van der Waals surface area contributed by atoms with Crippen LogP contribution in [0, 0.1) is 10.1 Å². The van der Waals surface area contributed by atoms with E-state index in [0.717, 1.165) is 5.56 Å². The Labute approximate surface area is 154 Å². The molecule has 0 radical (unpaired) electrons. The normalized spacial score (nSPS) is 16.1. The number of hydrogen-bond acceptors (Lipinski definition) is 5. The van der Waals surface area contributed by atoms with Crippen LogP contribution in [-0.2, 0) is 16.0 Å². The molecule has 2 unspecified atom stereocenters. The molecule has 2 atom stereocenters. The number of fused-ring (bicyclic) bond motifs is 1. The second-order valence-corrected chi connectivity index (χ2v) is 6.34. The number of nitrogens with zero attached hydrogens (tertiary/aromatic N) is 1. The first-order valence-corrected chi connectivity index (χ1v) is 8.41. The quantitative estimate of drug-likeness (QED) is 0.570. The third kappa shape index (κ3) is 4.41. The lowest BCUT2D eigenvalue weighted by Crippen LogP contribution is -2.42. The van der Waals surface area contributed by atoms with E-state index in [1.165, 1.54) is 18.2 Å². The number of amides is 1. The van der Waals surface area contributed by atoms with E-state index in [2.05, 4.69) is 5.32 Å². The molecule has 0 bridgehead atoms. The van der Waals surface area contributed by atoms with E-state index in [0.29, 0.717) is 11.3 Å². The number of aliphatic carboxylic acids is 1. The number of ether oxygens (including phenoxy) is 1. The van der Waals surface area contributed by atoms with E-state index in [9.17, 15) is 24.8 Å². The standard InChI is InChI=1S/C19H18N2O6/c22-18(20-16(19(23)24)8-12-4-2-1-3-5-12)9-13-11-27-17-7-6-14(21(25)26)10-15(13)17/h1-7,10,13,16H,8-9,11H2,(H,20,22)(H,23,24). The molecule has 2 aromatic carbocycles. The number of nitro benzene ring substituents is 1. The van der Waals surface area contributed by atoms with Crippen LogP contribution in [0.1, 0.15) is 23.5 Å². The monoisotopic (exact) mass is 370 g/mol. The maximum atomic E-state index is 12.4. The smallest absolute Gasteiger partial charge is 0.326 e. The van der Waals surface area contributed by atoms with E-state index in [4.69, 9.17) is 4.74 Å². The fourth-order valence-corrected chi connectivity index (χ4v) is 3.08. The van der Waals surface area contributed by atoms with E-state index in [1.54, 1.807) is 24.3 Å². The SMILES string of the molecule is O=C(CC1COc2ccc([N+](=O)[O-])cc21)NC(Cc1ccccc1)C(=O)O. The Bertz CT molecular complexity index is 868. The minimum atomic E-state index is -1.12. The fraction of sp³-hybridized carbons (Fsp3) is 0.263. The maximum Gasteiger partial charge on any atom is 0.326 e. The third-order valence-electron chi connectivity index (χ3n) is 4.43. The van der Waals surface area contributed by atoms with Crippen LogP contribution >= 0.6 is 0 Å². The molecule has 0 saturated heterocycles. The van der Waals surface area contributed by atoms with E-state index < -0.39 is 22.8 Å². The van der Waals surface area contributed by atoms with Crippen LogP contribution < -0.4 is 10.1 Å². The van der Waals surface area contributed by atoms with Gasteiger partial charge in [-0.25, -0.2) is 4.79 Å². The van der Waals surface area contributed by atoms with Crippen molar-refractivity contribution >= 4 is 17.6 Å². The topological polar surface area (TPSA) is 119 Å². The van der Waals surface area contributed by atoms with Crippen LogP contribution in [0.5, 0.6) is 5.75 Å². The van der Waals surface area contributed by atoms with Crippen LogP contribution in [0.15, 0.2) is 48.5 Å². The highest BCUT2D eigenvalue weighted by Gasteiger charge is 2.30. The maximum absolute atomic E-state index is 12.4. The summed E-state index contributed by atoms with van der Waals surface area (Å²) in [6.07, 6.45) is 0.165. The van der Waals surface area contributed by atoms with Gasteiger partial charge in [-0.15, -0.1) is 0 Å². The Balaban J connectivity index is 1.66. The van der Waals surface area contributed by atoms with Gasteiger partial charge in [0.25, 0.3) is 5.69 Å². The van der Waals surface area contributed by atoms with Gasteiger partial charge in [-0.2, -0.15) is 0 Å². The third-order valence-corrected chi connectivity index (χ3v) is 4.43. The van der Waals surface area contributed by atoms with Gasteiger partial charge < -0.3 is 15.2 Å². The molecule has 3 rings (SSSR count). The highest BCUT2D eigenvalue weighted by atomic mass is 16.6. The zero-order valence-corrected chi connectivity index (χ0v) is 14.3. The predicted molar refractivity (Wildman–Crippen MR) is 95.7 cm³/mol. The van der Waals surface area contributed by atoms with Gasteiger partial charge >= 0.3 is 5.97 Å². The van der Waals surface area contributed by atoms with E-state index in [-0.39, 0.29) is 31.1 Å². The summed E-state index contributed by atoms with van der Waals surface area (Å²) in [6, 6.07) is 12.2. The molecule has 0 spiro atoms. The molecule has 1 amide bonds. The average Bonchev–Trinajstić information content (AvgIpc) is 3.04. The largest absolute Gasteiger partial charge is 0.493 e. The van der Waals surface area contributed by atoms with E-state index in [1.807, 2.05) is 6.07 Å². The van der Waals surface area contributed by atoms with Crippen molar-refractivity contribution in [1.29, 1.82) is 0 Å². The molecule has 8 heteroatoms. The highest BCUT2D eigenvalue weighted by Crippen LogP contribution is 2.38. The second-order valence-electron chi connectivity index (χ2n) is 6.34. The Kier molecular flexibility index (Phi) is 5.35. The minimum Gasteiger partial charge on any atom is -0.493 e. The molecule has 1 aliphatic heterocycles. The lowest BCUT2D eigenvalue weighted by Gasteiger charge is -2.16. The van der Waals surface area contributed by atoms with Crippen molar-refractivity contribution in [3.8, 4) is 5.75 Å². The summed E-state index contributed by atoms with van der Waals surface area (Å²) in [5.74, 6) is -1.40. The van der Waals surface area contributed by atoms with Crippen LogP contribution in [0.3, 0.4) is 0 Å². The van der Waals surface area contributed by atoms with Gasteiger partial charge in [-0.3, -0.25) is 14.9 Å². The summed E-state index contributed by atoms with van der Waals surface area (Å²) in [7, 11) is 0. The summed E-state index contributed by atoms with van der Waals surface area (Å²) < 4.78 is 5.48. The van der Waals surface area contributed by atoms with Crippen LogP contribution in [-0.4, -0.2) is 34.6 Å². The van der Waals surface area contributed by atoms with Crippen molar-refractivity contribution in [3.05, 3.63) is 69.8 Å². The van der Waals surface area contributed by atoms with Gasteiger partial charge in [0.15, 0.2) is 0 Å². The van der Waals surface area contributed by atoms with Crippen LogP contribution in [0.4, 0.5) is 5.69 Å². The minimum absolute atomic E-state index is 0.00721. The summed E-state index contributed by atoms with van der Waals surface area (Å²) in [6.45, 7) is 0.223. The first-order chi connectivity index (χ1) is 12.9. The number of nitro groups is 1. The first kappa shape index (κ1) is 18.4. The first-order valence-electron chi connectivity index (χ1n) is 8.41. The molecular weight excluding hydrogens is 352 g/mol. The van der Waals surface area contributed by atoms with Gasteiger partial charge in [0.05, 0.1) is 11.5 Å². The van der Waals surface area contributed by atoms with Crippen LogP contribution in [0.25, 0.3) is 0 Å². The number of hydrogen-bond donors (Lipinski definition) is 2. The summed E-state index contributed by atoms with van der Waals surface area (Å²) in [4.78, 5) is 34.3. The number of benzene rings is 2. The average molecular weight is 370 g/mol. The van der Waals surface area contributed by atoms with Gasteiger partial charge in [0, 0.05) is 36.5 Å². The van der Waals surface area contributed by atoms with Gasteiger partial charge in [-0.05, 0) is 11.6 Å². The second kappa shape index (κ2) is 7.86. The zero-order chi connectivity index (χ0) is 19.4. The molecule has 2 N–H and O–H groups in total. The Morgan fingerprint density at radius 3 is 2.67 bits per heavy atom. The summed E-state index contributed by atoms with van der Waals surface area (Å²) in [5, 5.41) is 22.9.